The molecule has 1 saturated heterocycles. The van der Waals surface area contributed by atoms with Crippen molar-refractivity contribution in [3.63, 3.8) is 0 Å². The summed E-state index contributed by atoms with van der Waals surface area (Å²) in [5.41, 5.74) is 1.70. The van der Waals surface area contributed by atoms with Crippen LogP contribution in [0, 0.1) is 6.92 Å². The van der Waals surface area contributed by atoms with Crippen LogP contribution in [0.15, 0.2) is 34.9 Å². The standard InChI is InChI=1S/C16H18N4O3/c1-11-9-14(19-23-11)18-15(21)10-17-12-4-6-13(7-5-12)20-8-2-3-16(20)22/h4-7,9,17H,2-3,8,10H2,1H3,(H,18,19,21). The summed E-state index contributed by atoms with van der Waals surface area (Å²) in [5.74, 6) is 0.989. The predicted octanol–water partition coefficient (Wildman–Crippen LogP) is 2.16. The average Bonchev–Trinajstić information content (AvgIpc) is 3.14. The fraction of sp³-hybridized carbons (Fsp3) is 0.312. The third-order valence-corrected chi connectivity index (χ3v) is 3.60. The first-order chi connectivity index (χ1) is 11.1. The lowest BCUT2D eigenvalue weighted by Gasteiger charge is -2.16. The molecular weight excluding hydrogens is 296 g/mol. The minimum atomic E-state index is -0.211. The van der Waals surface area contributed by atoms with Crippen molar-refractivity contribution in [3.8, 4) is 0 Å². The van der Waals surface area contributed by atoms with Crippen molar-refractivity contribution < 1.29 is 14.1 Å². The molecule has 1 aliphatic heterocycles. The summed E-state index contributed by atoms with van der Waals surface area (Å²) in [6.07, 6.45) is 1.52. The lowest BCUT2D eigenvalue weighted by Crippen LogP contribution is -2.24. The van der Waals surface area contributed by atoms with Gasteiger partial charge in [0.2, 0.25) is 11.8 Å². The Morgan fingerprint density at radius 3 is 2.74 bits per heavy atom. The van der Waals surface area contributed by atoms with Gasteiger partial charge in [-0.15, -0.1) is 0 Å². The van der Waals surface area contributed by atoms with Crippen molar-refractivity contribution in [3.05, 3.63) is 36.1 Å². The van der Waals surface area contributed by atoms with Crippen molar-refractivity contribution in [2.45, 2.75) is 19.8 Å². The second-order valence-corrected chi connectivity index (χ2v) is 5.42. The molecule has 120 valence electrons. The molecule has 7 heteroatoms. The highest BCUT2D eigenvalue weighted by Gasteiger charge is 2.21. The molecule has 3 rings (SSSR count). The quantitative estimate of drug-likeness (QED) is 0.883. The number of hydrogen-bond donors (Lipinski definition) is 2. The van der Waals surface area contributed by atoms with E-state index in [1.807, 2.05) is 24.3 Å². The number of rotatable bonds is 5. The minimum absolute atomic E-state index is 0.119. The van der Waals surface area contributed by atoms with Crippen molar-refractivity contribution in [1.82, 2.24) is 5.16 Å². The maximum Gasteiger partial charge on any atom is 0.244 e. The van der Waals surface area contributed by atoms with Gasteiger partial charge in [-0.3, -0.25) is 9.59 Å². The lowest BCUT2D eigenvalue weighted by atomic mass is 10.2. The Balaban J connectivity index is 1.52. The summed E-state index contributed by atoms with van der Waals surface area (Å²) < 4.78 is 4.88. The van der Waals surface area contributed by atoms with Gasteiger partial charge in [0, 0.05) is 30.4 Å². The molecule has 23 heavy (non-hydrogen) atoms. The molecule has 1 fully saturated rings. The van der Waals surface area contributed by atoms with Crippen molar-refractivity contribution in [1.29, 1.82) is 0 Å². The fourth-order valence-corrected chi connectivity index (χ4v) is 2.48. The van der Waals surface area contributed by atoms with Gasteiger partial charge in [0.1, 0.15) is 5.76 Å². The van der Waals surface area contributed by atoms with Gasteiger partial charge >= 0.3 is 0 Å². The number of nitrogens with zero attached hydrogens (tertiary/aromatic N) is 2. The zero-order valence-corrected chi connectivity index (χ0v) is 12.8. The number of carbonyl (C=O) groups is 2. The molecule has 1 aromatic heterocycles. The van der Waals surface area contributed by atoms with E-state index >= 15 is 0 Å². The Morgan fingerprint density at radius 2 is 2.13 bits per heavy atom. The molecule has 0 atom stereocenters. The number of aromatic nitrogens is 1. The topological polar surface area (TPSA) is 87.5 Å². The molecule has 0 aliphatic carbocycles. The lowest BCUT2D eigenvalue weighted by molar-refractivity contribution is -0.117. The summed E-state index contributed by atoms with van der Waals surface area (Å²) in [6.45, 7) is 2.65. The van der Waals surface area contributed by atoms with Crippen molar-refractivity contribution >= 4 is 29.0 Å². The van der Waals surface area contributed by atoms with Crippen molar-refractivity contribution in [2.75, 3.05) is 28.6 Å². The van der Waals surface area contributed by atoms with E-state index in [0.29, 0.717) is 18.0 Å². The molecular formula is C16H18N4O3. The largest absolute Gasteiger partial charge is 0.376 e. The third-order valence-electron chi connectivity index (χ3n) is 3.60. The summed E-state index contributed by atoms with van der Waals surface area (Å²) in [5, 5.41) is 9.36. The first-order valence-electron chi connectivity index (χ1n) is 7.49. The van der Waals surface area contributed by atoms with Gasteiger partial charge in [0.15, 0.2) is 5.82 Å². The van der Waals surface area contributed by atoms with Gasteiger partial charge in [-0.1, -0.05) is 5.16 Å². The van der Waals surface area contributed by atoms with Gasteiger partial charge < -0.3 is 20.1 Å². The van der Waals surface area contributed by atoms with Gasteiger partial charge in [-0.25, -0.2) is 0 Å². The van der Waals surface area contributed by atoms with E-state index in [2.05, 4.69) is 15.8 Å². The molecule has 7 nitrogen and oxygen atoms in total. The molecule has 1 aromatic carbocycles. The van der Waals surface area contributed by atoms with E-state index in [-0.39, 0.29) is 18.4 Å². The van der Waals surface area contributed by atoms with E-state index in [1.54, 1.807) is 17.9 Å². The third kappa shape index (κ3) is 3.68. The SMILES string of the molecule is Cc1cc(NC(=O)CNc2ccc(N3CCCC3=O)cc2)no1. The van der Waals surface area contributed by atoms with Gasteiger partial charge in [0.25, 0.3) is 0 Å². The molecule has 2 heterocycles. The first kappa shape index (κ1) is 15.1. The first-order valence-corrected chi connectivity index (χ1v) is 7.49. The molecule has 2 amide bonds. The predicted molar refractivity (Wildman–Crippen MR) is 86.4 cm³/mol. The number of benzene rings is 1. The summed E-state index contributed by atoms with van der Waals surface area (Å²) in [7, 11) is 0. The van der Waals surface area contributed by atoms with Crippen LogP contribution in [-0.2, 0) is 9.59 Å². The van der Waals surface area contributed by atoms with Crippen LogP contribution in [0.4, 0.5) is 17.2 Å². The van der Waals surface area contributed by atoms with Crippen molar-refractivity contribution in [2.24, 2.45) is 0 Å². The number of carbonyl (C=O) groups excluding carboxylic acids is 2. The van der Waals surface area contributed by atoms with Gasteiger partial charge in [0.05, 0.1) is 6.54 Å². The molecule has 0 spiro atoms. The smallest absolute Gasteiger partial charge is 0.244 e. The van der Waals surface area contributed by atoms with E-state index in [4.69, 9.17) is 4.52 Å². The number of aryl methyl sites for hydroxylation is 1. The highest BCUT2D eigenvalue weighted by atomic mass is 16.5. The highest BCUT2D eigenvalue weighted by Crippen LogP contribution is 2.22. The van der Waals surface area contributed by atoms with Crippen LogP contribution in [0.2, 0.25) is 0 Å². The van der Waals surface area contributed by atoms with E-state index in [0.717, 1.165) is 24.3 Å². The van der Waals surface area contributed by atoms with Crippen LogP contribution in [-0.4, -0.2) is 30.1 Å². The highest BCUT2D eigenvalue weighted by molar-refractivity contribution is 5.95. The normalized spacial score (nSPS) is 14.1. The van der Waals surface area contributed by atoms with Gasteiger partial charge in [-0.2, -0.15) is 0 Å². The number of anilines is 3. The van der Waals surface area contributed by atoms with E-state index < -0.39 is 0 Å². The Morgan fingerprint density at radius 1 is 1.35 bits per heavy atom. The molecule has 0 saturated carbocycles. The molecule has 1 aliphatic rings. The maximum atomic E-state index is 11.8. The van der Waals surface area contributed by atoms with Crippen LogP contribution in [0.25, 0.3) is 0 Å². The Hall–Kier alpha value is -2.83. The second-order valence-electron chi connectivity index (χ2n) is 5.42. The molecule has 2 N–H and O–H groups in total. The zero-order chi connectivity index (χ0) is 16.2. The average molecular weight is 314 g/mol. The zero-order valence-electron chi connectivity index (χ0n) is 12.8. The van der Waals surface area contributed by atoms with Crippen LogP contribution >= 0.6 is 0 Å². The Kier molecular flexibility index (Phi) is 4.27. The van der Waals surface area contributed by atoms with Crippen LogP contribution in [0.1, 0.15) is 18.6 Å². The minimum Gasteiger partial charge on any atom is -0.376 e. The molecule has 0 unspecified atom stereocenters. The monoisotopic (exact) mass is 314 g/mol. The Labute approximate surface area is 133 Å². The number of hydrogen-bond acceptors (Lipinski definition) is 5. The Bertz CT molecular complexity index is 708. The molecule has 2 aromatic rings. The maximum absolute atomic E-state index is 11.8. The number of nitrogens with one attached hydrogen (secondary N) is 2. The number of amides is 2. The van der Waals surface area contributed by atoms with Crippen LogP contribution in [0.3, 0.4) is 0 Å². The van der Waals surface area contributed by atoms with Crippen LogP contribution < -0.4 is 15.5 Å². The summed E-state index contributed by atoms with van der Waals surface area (Å²) in [4.78, 5) is 25.3. The van der Waals surface area contributed by atoms with Gasteiger partial charge in [-0.05, 0) is 37.6 Å². The molecule has 0 bridgehead atoms. The second kappa shape index (κ2) is 6.51. The summed E-state index contributed by atoms with van der Waals surface area (Å²) in [6, 6.07) is 9.12. The van der Waals surface area contributed by atoms with E-state index in [1.165, 1.54) is 0 Å². The fourth-order valence-electron chi connectivity index (χ4n) is 2.48. The summed E-state index contributed by atoms with van der Waals surface area (Å²) >= 11 is 0. The molecule has 0 radical (unpaired) electrons. The van der Waals surface area contributed by atoms with E-state index in [9.17, 15) is 9.59 Å². The van der Waals surface area contributed by atoms with Crippen LogP contribution in [0.5, 0.6) is 0 Å².